The Labute approximate surface area is 163 Å². The molecule has 0 unspecified atom stereocenters. The van der Waals surface area contributed by atoms with E-state index >= 15 is 0 Å². The van der Waals surface area contributed by atoms with Crippen LogP contribution in [0.3, 0.4) is 0 Å². The van der Waals surface area contributed by atoms with Crippen LogP contribution in [0.2, 0.25) is 0 Å². The third kappa shape index (κ3) is 7.17. The van der Waals surface area contributed by atoms with Gasteiger partial charge in [0.25, 0.3) is 0 Å². The molecular weight excluding hydrogens is 342 g/mol. The van der Waals surface area contributed by atoms with Crippen molar-refractivity contribution in [3.05, 3.63) is 35.4 Å². The molecule has 26 heavy (non-hydrogen) atoms. The van der Waals surface area contributed by atoms with Crippen LogP contribution in [0.25, 0.3) is 0 Å². The number of nitrogens with one attached hydrogen (secondary N) is 2. The Balaban J connectivity index is 1.77. The molecule has 1 heterocycles. The number of aliphatic imine (C=N–C) groups is 1. The summed E-state index contributed by atoms with van der Waals surface area (Å²) >= 11 is 1.86. The van der Waals surface area contributed by atoms with Crippen LogP contribution < -0.4 is 10.6 Å². The first kappa shape index (κ1) is 21.1. The summed E-state index contributed by atoms with van der Waals surface area (Å²) in [7, 11) is 4.02. The van der Waals surface area contributed by atoms with Crippen molar-refractivity contribution in [1.82, 2.24) is 20.4 Å². The van der Waals surface area contributed by atoms with E-state index in [1.165, 1.54) is 24.2 Å². The van der Waals surface area contributed by atoms with Gasteiger partial charge in [-0.2, -0.15) is 11.8 Å². The predicted octanol–water partition coefficient (Wildman–Crippen LogP) is 2.24. The van der Waals surface area contributed by atoms with E-state index in [1.54, 1.807) is 0 Å². The fourth-order valence-corrected chi connectivity index (χ4v) is 3.02. The third-order valence-electron chi connectivity index (χ3n) is 4.94. The molecule has 1 aliphatic heterocycles. The molecule has 0 aliphatic carbocycles. The van der Waals surface area contributed by atoms with Gasteiger partial charge in [0.05, 0.1) is 0 Å². The highest BCUT2D eigenvalue weighted by Gasteiger charge is 2.16. The lowest BCUT2D eigenvalue weighted by atomic mass is 10.1. The van der Waals surface area contributed by atoms with Gasteiger partial charge in [-0.1, -0.05) is 24.3 Å². The first-order chi connectivity index (χ1) is 12.4. The second kappa shape index (κ2) is 10.2. The molecule has 0 bridgehead atoms. The Bertz CT molecular complexity index is 562. The van der Waals surface area contributed by atoms with Crippen molar-refractivity contribution in [2.45, 2.75) is 31.7 Å². The molecule has 1 fully saturated rings. The molecule has 0 spiro atoms. The number of guanidine groups is 1. The van der Waals surface area contributed by atoms with E-state index in [0.717, 1.165) is 38.7 Å². The maximum Gasteiger partial charge on any atom is 0.191 e. The van der Waals surface area contributed by atoms with Crippen molar-refractivity contribution in [3.63, 3.8) is 0 Å². The fourth-order valence-electron chi connectivity index (χ4n) is 2.80. The molecule has 6 heteroatoms. The van der Waals surface area contributed by atoms with Crippen LogP contribution in [-0.4, -0.2) is 73.6 Å². The van der Waals surface area contributed by atoms with Gasteiger partial charge < -0.3 is 15.5 Å². The van der Waals surface area contributed by atoms with Gasteiger partial charge in [-0.05, 0) is 38.3 Å². The van der Waals surface area contributed by atoms with E-state index < -0.39 is 0 Å². The lowest BCUT2D eigenvalue weighted by Gasteiger charge is -2.32. The number of benzene rings is 1. The number of likely N-dealkylation sites (N-methyl/N-ethyl adjacent to an activating group) is 1. The number of hydrogen-bond donors (Lipinski definition) is 2. The Morgan fingerprint density at radius 3 is 2.27 bits per heavy atom. The summed E-state index contributed by atoms with van der Waals surface area (Å²) in [6.45, 7) is 11.8. The standard InChI is InChI=1S/C20H35N5S/c1-20(2,26-5)16-23-19(21-3)22-14-17-6-8-18(9-7-17)15-25-12-10-24(4)11-13-25/h6-9H,10-16H2,1-5H3,(H2,21,22,23). The van der Waals surface area contributed by atoms with E-state index in [0.29, 0.717) is 0 Å². The van der Waals surface area contributed by atoms with Crippen LogP contribution in [0.15, 0.2) is 29.3 Å². The number of hydrogen-bond acceptors (Lipinski definition) is 4. The zero-order chi connectivity index (χ0) is 19.0. The van der Waals surface area contributed by atoms with Crippen LogP contribution in [-0.2, 0) is 13.1 Å². The van der Waals surface area contributed by atoms with E-state index in [2.05, 4.69) is 76.8 Å². The van der Waals surface area contributed by atoms with Crippen molar-refractivity contribution >= 4 is 17.7 Å². The Hall–Kier alpha value is -1.24. The zero-order valence-electron chi connectivity index (χ0n) is 17.0. The van der Waals surface area contributed by atoms with Crippen molar-refractivity contribution in [2.24, 2.45) is 4.99 Å². The topological polar surface area (TPSA) is 42.9 Å². The number of nitrogens with zero attached hydrogens (tertiary/aromatic N) is 3. The van der Waals surface area contributed by atoms with Gasteiger partial charge in [0.1, 0.15) is 0 Å². The number of thioether (sulfide) groups is 1. The molecule has 1 aliphatic rings. The molecule has 0 atom stereocenters. The molecule has 1 saturated heterocycles. The molecule has 146 valence electrons. The molecule has 2 N–H and O–H groups in total. The molecule has 0 aromatic heterocycles. The summed E-state index contributed by atoms with van der Waals surface area (Å²) < 4.78 is 0.197. The average Bonchev–Trinajstić information content (AvgIpc) is 2.65. The largest absolute Gasteiger partial charge is 0.355 e. The summed E-state index contributed by atoms with van der Waals surface area (Å²) in [5, 5.41) is 6.81. The minimum Gasteiger partial charge on any atom is -0.355 e. The second-order valence-corrected chi connectivity index (χ2v) is 9.15. The smallest absolute Gasteiger partial charge is 0.191 e. The van der Waals surface area contributed by atoms with E-state index in [9.17, 15) is 0 Å². The maximum atomic E-state index is 4.32. The van der Waals surface area contributed by atoms with Crippen LogP contribution in [0.1, 0.15) is 25.0 Å². The highest BCUT2D eigenvalue weighted by molar-refractivity contribution is 7.99. The van der Waals surface area contributed by atoms with Crippen LogP contribution in [0, 0.1) is 0 Å². The van der Waals surface area contributed by atoms with Gasteiger partial charge in [-0.3, -0.25) is 9.89 Å². The van der Waals surface area contributed by atoms with Gasteiger partial charge in [0.15, 0.2) is 5.96 Å². The summed E-state index contributed by atoms with van der Waals surface area (Å²) in [5.41, 5.74) is 2.67. The van der Waals surface area contributed by atoms with Gasteiger partial charge in [-0.15, -0.1) is 0 Å². The van der Waals surface area contributed by atoms with Gasteiger partial charge >= 0.3 is 0 Å². The Kier molecular flexibility index (Phi) is 8.25. The highest BCUT2D eigenvalue weighted by atomic mass is 32.2. The summed E-state index contributed by atoms with van der Waals surface area (Å²) in [6, 6.07) is 8.94. The Morgan fingerprint density at radius 2 is 1.69 bits per heavy atom. The average molecular weight is 378 g/mol. The van der Waals surface area contributed by atoms with E-state index in [-0.39, 0.29) is 4.75 Å². The first-order valence-corrected chi connectivity index (χ1v) is 10.6. The van der Waals surface area contributed by atoms with Crippen molar-refractivity contribution in [2.75, 3.05) is 53.1 Å². The van der Waals surface area contributed by atoms with Crippen LogP contribution in [0.4, 0.5) is 0 Å². The van der Waals surface area contributed by atoms with Crippen LogP contribution >= 0.6 is 11.8 Å². The molecule has 0 saturated carbocycles. The Morgan fingerprint density at radius 1 is 1.08 bits per heavy atom. The monoisotopic (exact) mass is 377 g/mol. The summed E-state index contributed by atoms with van der Waals surface area (Å²) in [4.78, 5) is 9.25. The molecule has 0 radical (unpaired) electrons. The minimum absolute atomic E-state index is 0.197. The summed E-state index contributed by atoms with van der Waals surface area (Å²) in [5.74, 6) is 0.855. The SMILES string of the molecule is CN=C(NCc1ccc(CN2CCN(C)CC2)cc1)NCC(C)(C)SC. The highest BCUT2D eigenvalue weighted by Crippen LogP contribution is 2.19. The quantitative estimate of drug-likeness (QED) is 0.564. The molecule has 1 aromatic rings. The van der Waals surface area contributed by atoms with Crippen molar-refractivity contribution in [3.8, 4) is 0 Å². The zero-order valence-corrected chi connectivity index (χ0v) is 17.8. The molecule has 2 rings (SSSR count). The van der Waals surface area contributed by atoms with E-state index in [4.69, 9.17) is 0 Å². The van der Waals surface area contributed by atoms with Crippen molar-refractivity contribution in [1.29, 1.82) is 0 Å². The van der Waals surface area contributed by atoms with Crippen molar-refractivity contribution < 1.29 is 0 Å². The number of rotatable bonds is 7. The maximum absolute atomic E-state index is 4.32. The summed E-state index contributed by atoms with van der Waals surface area (Å²) in [6.07, 6.45) is 2.14. The first-order valence-electron chi connectivity index (χ1n) is 9.40. The predicted molar refractivity (Wildman–Crippen MR) is 115 cm³/mol. The minimum atomic E-state index is 0.197. The van der Waals surface area contributed by atoms with Gasteiger partial charge in [0, 0.05) is 57.6 Å². The van der Waals surface area contributed by atoms with Gasteiger partial charge in [-0.25, -0.2) is 0 Å². The fraction of sp³-hybridized carbons (Fsp3) is 0.650. The lowest BCUT2D eigenvalue weighted by Crippen LogP contribution is -2.43. The molecular formula is C20H35N5S. The normalized spacial score (nSPS) is 17.3. The van der Waals surface area contributed by atoms with Gasteiger partial charge in [0.2, 0.25) is 0 Å². The van der Waals surface area contributed by atoms with E-state index in [1.807, 2.05) is 18.8 Å². The molecule has 0 amide bonds. The molecule has 1 aromatic carbocycles. The third-order valence-corrected chi connectivity index (χ3v) is 6.19. The lowest BCUT2D eigenvalue weighted by molar-refractivity contribution is 0.148. The second-order valence-electron chi connectivity index (χ2n) is 7.64. The van der Waals surface area contributed by atoms with Crippen LogP contribution in [0.5, 0.6) is 0 Å². The molecule has 5 nitrogen and oxygen atoms in total. The number of piperazine rings is 1.